The fraction of sp³-hybridized carbons (Fsp3) is 0.778. The molecule has 4 nitrogen and oxygen atoms in total. The Labute approximate surface area is 78.3 Å². The first kappa shape index (κ1) is 10.0. The average Bonchev–Trinajstić information content (AvgIpc) is 2.55. The van der Waals surface area contributed by atoms with Crippen LogP contribution in [0.1, 0.15) is 33.6 Å². The molecule has 0 spiro atoms. The summed E-state index contributed by atoms with van der Waals surface area (Å²) in [7, 11) is 0. The maximum absolute atomic E-state index is 11.5. The van der Waals surface area contributed by atoms with Crippen molar-refractivity contribution in [1.29, 1.82) is 0 Å². The minimum absolute atomic E-state index is 0.0793. The Balaban J connectivity index is 2.41. The van der Waals surface area contributed by atoms with Gasteiger partial charge in [-0.25, -0.2) is 0 Å². The second-order valence-corrected chi connectivity index (χ2v) is 3.84. The van der Waals surface area contributed by atoms with E-state index in [0.29, 0.717) is 6.42 Å². The van der Waals surface area contributed by atoms with E-state index in [4.69, 9.17) is 4.84 Å². The molecule has 0 radical (unpaired) electrons. The minimum atomic E-state index is -0.425. The fourth-order valence-electron chi connectivity index (χ4n) is 0.956. The Morgan fingerprint density at radius 2 is 2.46 bits per heavy atom. The molecule has 1 N–H and O–H groups in total. The van der Waals surface area contributed by atoms with Gasteiger partial charge in [-0.15, -0.1) is 0 Å². The molecule has 1 amide bonds. The normalized spacial score (nSPS) is 21.3. The number of carbonyl (C=O) groups excluding carboxylic acids is 1. The Kier molecular flexibility index (Phi) is 2.90. The highest BCUT2D eigenvalue weighted by atomic mass is 16.6. The Bertz CT molecular complexity index is 216. The third kappa shape index (κ3) is 2.72. The highest BCUT2D eigenvalue weighted by Gasteiger charge is 2.27. The Morgan fingerprint density at radius 3 is 2.92 bits per heavy atom. The number of nitrogens with one attached hydrogen (secondary N) is 1. The van der Waals surface area contributed by atoms with E-state index in [1.54, 1.807) is 6.21 Å². The maximum atomic E-state index is 11.5. The SMILES string of the molecule is CCC(C)(C)NC(=O)C1CC=NO1. The largest absolute Gasteiger partial charge is 0.382 e. The van der Waals surface area contributed by atoms with Crippen LogP contribution in [-0.2, 0) is 9.63 Å². The van der Waals surface area contributed by atoms with Gasteiger partial charge in [0.05, 0.1) is 0 Å². The molecule has 1 aliphatic heterocycles. The number of oxime groups is 1. The first-order valence-corrected chi connectivity index (χ1v) is 4.55. The van der Waals surface area contributed by atoms with Crippen LogP contribution in [0.2, 0.25) is 0 Å². The number of amides is 1. The first-order valence-electron chi connectivity index (χ1n) is 4.55. The second kappa shape index (κ2) is 3.77. The molecule has 1 rings (SSSR count). The topological polar surface area (TPSA) is 50.7 Å². The van der Waals surface area contributed by atoms with Crippen molar-refractivity contribution in [3.05, 3.63) is 0 Å². The van der Waals surface area contributed by atoms with E-state index in [-0.39, 0.29) is 11.4 Å². The molecule has 13 heavy (non-hydrogen) atoms. The van der Waals surface area contributed by atoms with Gasteiger partial charge in [0.1, 0.15) is 0 Å². The quantitative estimate of drug-likeness (QED) is 0.713. The van der Waals surface area contributed by atoms with Crippen LogP contribution in [-0.4, -0.2) is 23.8 Å². The summed E-state index contributed by atoms with van der Waals surface area (Å²) in [5, 5.41) is 6.46. The third-order valence-corrected chi connectivity index (χ3v) is 2.22. The highest BCUT2D eigenvalue weighted by Crippen LogP contribution is 2.10. The molecule has 74 valence electrons. The molecule has 1 aliphatic rings. The van der Waals surface area contributed by atoms with Crippen molar-refractivity contribution in [2.24, 2.45) is 5.16 Å². The van der Waals surface area contributed by atoms with Gasteiger partial charge in [-0.3, -0.25) is 4.79 Å². The predicted octanol–water partition coefficient (Wildman–Crippen LogP) is 1.07. The van der Waals surface area contributed by atoms with Gasteiger partial charge in [-0.1, -0.05) is 12.1 Å². The summed E-state index contributed by atoms with van der Waals surface area (Å²) in [6.07, 6.45) is 2.66. The molecule has 4 heteroatoms. The van der Waals surface area contributed by atoms with Crippen LogP contribution in [0.3, 0.4) is 0 Å². The number of hydrogen-bond acceptors (Lipinski definition) is 3. The van der Waals surface area contributed by atoms with E-state index in [0.717, 1.165) is 6.42 Å². The lowest BCUT2D eigenvalue weighted by Crippen LogP contribution is -2.47. The molecule has 1 heterocycles. The molecule has 0 saturated carbocycles. The molecule has 0 aromatic heterocycles. The van der Waals surface area contributed by atoms with Gasteiger partial charge in [0, 0.05) is 18.2 Å². The summed E-state index contributed by atoms with van der Waals surface area (Å²) < 4.78 is 0. The summed E-state index contributed by atoms with van der Waals surface area (Å²) in [5.41, 5.74) is -0.164. The van der Waals surface area contributed by atoms with Crippen molar-refractivity contribution in [2.45, 2.75) is 45.3 Å². The van der Waals surface area contributed by atoms with Crippen LogP contribution < -0.4 is 5.32 Å². The van der Waals surface area contributed by atoms with E-state index >= 15 is 0 Å². The predicted molar refractivity (Wildman–Crippen MR) is 50.5 cm³/mol. The van der Waals surface area contributed by atoms with Crippen LogP contribution >= 0.6 is 0 Å². The summed E-state index contributed by atoms with van der Waals surface area (Å²) in [6, 6.07) is 0. The van der Waals surface area contributed by atoms with Crippen molar-refractivity contribution in [1.82, 2.24) is 5.32 Å². The molecular weight excluding hydrogens is 168 g/mol. The lowest BCUT2D eigenvalue weighted by Gasteiger charge is -2.25. The molecule has 1 atom stereocenters. The van der Waals surface area contributed by atoms with Gasteiger partial charge in [0.2, 0.25) is 6.10 Å². The first-order chi connectivity index (χ1) is 6.05. The van der Waals surface area contributed by atoms with Crippen molar-refractivity contribution < 1.29 is 9.63 Å². The van der Waals surface area contributed by atoms with Crippen LogP contribution in [0, 0.1) is 0 Å². The molecule has 0 aliphatic carbocycles. The van der Waals surface area contributed by atoms with Gasteiger partial charge >= 0.3 is 0 Å². The number of nitrogens with zero attached hydrogens (tertiary/aromatic N) is 1. The standard InChI is InChI=1S/C9H16N2O2/c1-4-9(2,3)11-8(12)7-5-6-10-13-7/h6-7H,4-5H2,1-3H3,(H,11,12). The summed E-state index contributed by atoms with van der Waals surface area (Å²) in [5.74, 6) is -0.0793. The molecule has 0 aromatic rings. The van der Waals surface area contributed by atoms with E-state index < -0.39 is 6.10 Å². The fourth-order valence-corrected chi connectivity index (χ4v) is 0.956. The molecule has 0 aromatic carbocycles. The molecule has 0 fully saturated rings. The zero-order chi connectivity index (χ0) is 9.90. The van der Waals surface area contributed by atoms with Gasteiger partial charge in [-0.2, -0.15) is 0 Å². The van der Waals surface area contributed by atoms with Crippen molar-refractivity contribution >= 4 is 12.1 Å². The minimum Gasteiger partial charge on any atom is -0.382 e. The summed E-state index contributed by atoms with van der Waals surface area (Å²) in [6.45, 7) is 6.01. The van der Waals surface area contributed by atoms with Crippen molar-refractivity contribution in [2.75, 3.05) is 0 Å². The van der Waals surface area contributed by atoms with Gasteiger partial charge in [-0.05, 0) is 20.3 Å². The zero-order valence-electron chi connectivity index (χ0n) is 8.33. The van der Waals surface area contributed by atoms with Crippen molar-refractivity contribution in [3.63, 3.8) is 0 Å². The Morgan fingerprint density at radius 1 is 1.77 bits per heavy atom. The van der Waals surface area contributed by atoms with Crippen LogP contribution in [0.15, 0.2) is 5.16 Å². The molecule has 1 unspecified atom stereocenters. The lowest BCUT2D eigenvalue weighted by atomic mass is 10.0. The Hall–Kier alpha value is -1.06. The highest BCUT2D eigenvalue weighted by molar-refractivity contribution is 5.85. The van der Waals surface area contributed by atoms with E-state index in [2.05, 4.69) is 10.5 Å². The number of carbonyl (C=O) groups is 1. The molecule has 0 saturated heterocycles. The van der Waals surface area contributed by atoms with E-state index in [1.807, 2.05) is 20.8 Å². The molecule has 0 bridgehead atoms. The van der Waals surface area contributed by atoms with E-state index in [1.165, 1.54) is 0 Å². The number of hydrogen-bond donors (Lipinski definition) is 1. The summed E-state index contributed by atoms with van der Waals surface area (Å²) in [4.78, 5) is 16.4. The van der Waals surface area contributed by atoms with Crippen molar-refractivity contribution in [3.8, 4) is 0 Å². The number of rotatable bonds is 3. The lowest BCUT2D eigenvalue weighted by molar-refractivity contribution is -0.132. The zero-order valence-corrected chi connectivity index (χ0v) is 8.33. The van der Waals surface area contributed by atoms with Gasteiger partial charge < -0.3 is 10.2 Å². The average molecular weight is 184 g/mol. The van der Waals surface area contributed by atoms with Gasteiger partial charge in [0.15, 0.2) is 0 Å². The summed E-state index contributed by atoms with van der Waals surface area (Å²) >= 11 is 0. The van der Waals surface area contributed by atoms with Crippen LogP contribution in [0.4, 0.5) is 0 Å². The maximum Gasteiger partial charge on any atom is 0.264 e. The molecular formula is C9H16N2O2. The second-order valence-electron chi connectivity index (χ2n) is 3.84. The third-order valence-electron chi connectivity index (χ3n) is 2.22. The van der Waals surface area contributed by atoms with Crippen LogP contribution in [0.5, 0.6) is 0 Å². The smallest absolute Gasteiger partial charge is 0.264 e. The van der Waals surface area contributed by atoms with Gasteiger partial charge in [0.25, 0.3) is 5.91 Å². The monoisotopic (exact) mass is 184 g/mol. The van der Waals surface area contributed by atoms with Crippen LogP contribution in [0.25, 0.3) is 0 Å². The van der Waals surface area contributed by atoms with E-state index in [9.17, 15) is 4.79 Å².